The number of aromatic nitrogens is 3. The molecule has 21 heavy (non-hydrogen) atoms. The predicted molar refractivity (Wildman–Crippen MR) is 84.7 cm³/mol. The summed E-state index contributed by atoms with van der Waals surface area (Å²) >= 11 is 0. The van der Waals surface area contributed by atoms with Gasteiger partial charge in [-0.2, -0.15) is 5.10 Å². The summed E-state index contributed by atoms with van der Waals surface area (Å²) in [4.78, 5) is 6.59. The molecule has 2 heterocycles. The number of benzene rings is 1. The maximum atomic E-state index is 4.23. The van der Waals surface area contributed by atoms with Gasteiger partial charge in [0.1, 0.15) is 12.7 Å². The first-order valence-electron chi connectivity index (χ1n) is 7.70. The molecule has 2 aromatic rings. The fourth-order valence-electron chi connectivity index (χ4n) is 2.94. The van der Waals surface area contributed by atoms with Crippen LogP contribution in [0.3, 0.4) is 0 Å². The van der Waals surface area contributed by atoms with Crippen molar-refractivity contribution in [2.75, 3.05) is 13.1 Å². The molecule has 0 N–H and O–H groups in total. The normalized spacial score (nSPS) is 20.1. The highest BCUT2D eigenvalue weighted by Gasteiger charge is 2.21. The van der Waals surface area contributed by atoms with E-state index in [1.54, 1.807) is 6.33 Å². The van der Waals surface area contributed by atoms with Crippen molar-refractivity contribution in [1.82, 2.24) is 19.7 Å². The van der Waals surface area contributed by atoms with Crippen LogP contribution in [0.5, 0.6) is 0 Å². The summed E-state index contributed by atoms with van der Waals surface area (Å²) in [5, 5.41) is 4.23. The number of rotatable bonds is 5. The van der Waals surface area contributed by atoms with Gasteiger partial charge >= 0.3 is 0 Å². The van der Waals surface area contributed by atoms with Gasteiger partial charge in [0.15, 0.2) is 0 Å². The van der Waals surface area contributed by atoms with E-state index < -0.39 is 0 Å². The van der Waals surface area contributed by atoms with Crippen molar-refractivity contribution in [1.29, 1.82) is 0 Å². The molecule has 0 bridgehead atoms. The molecule has 0 saturated carbocycles. The van der Waals surface area contributed by atoms with Crippen LogP contribution in [-0.4, -0.2) is 38.8 Å². The van der Waals surface area contributed by atoms with Crippen LogP contribution < -0.4 is 0 Å². The Kier molecular flexibility index (Phi) is 4.79. The summed E-state index contributed by atoms with van der Waals surface area (Å²) < 4.78 is 1.95. The lowest BCUT2D eigenvalue weighted by Crippen LogP contribution is -2.42. The van der Waals surface area contributed by atoms with Gasteiger partial charge in [0.05, 0.1) is 6.54 Å². The topological polar surface area (TPSA) is 34.0 Å². The van der Waals surface area contributed by atoms with Crippen LogP contribution in [0.25, 0.3) is 6.08 Å². The predicted octanol–water partition coefficient (Wildman–Crippen LogP) is 2.85. The van der Waals surface area contributed by atoms with Gasteiger partial charge in [-0.25, -0.2) is 4.98 Å². The third kappa shape index (κ3) is 4.02. The van der Waals surface area contributed by atoms with E-state index in [0.717, 1.165) is 13.1 Å². The van der Waals surface area contributed by atoms with Gasteiger partial charge in [0.2, 0.25) is 0 Å². The molecule has 0 unspecified atom stereocenters. The number of hydrogen-bond acceptors (Lipinski definition) is 3. The minimum Gasteiger partial charge on any atom is -0.295 e. The van der Waals surface area contributed by atoms with E-state index in [-0.39, 0.29) is 0 Å². The zero-order chi connectivity index (χ0) is 14.3. The highest BCUT2D eigenvalue weighted by Crippen LogP contribution is 2.18. The lowest BCUT2D eigenvalue weighted by atomic mass is 10.0. The average molecular weight is 282 g/mol. The highest BCUT2D eigenvalue weighted by molar-refractivity contribution is 5.48. The van der Waals surface area contributed by atoms with E-state index in [1.165, 1.54) is 31.4 Å². The van der Waals surface area contributed by atoms with Gasteiger partial charge in [-0.05, 0) is 24.9 Å². The Labute approximate surface area is 126 Å². The van der Waals surface area contributed by atoms with Gasteiger partial charge in [0.25, 0.3) is 0 Å². The second kappa shape index (κ2) is 7.18. The van der Waals surface area contributed by atoms with E-state index in [1.807, 2.05) is 11.0 Å². The maximum Gasteiger partial charge on any atom is 0.137 e. The lowest BCUT2D eigenvalue weighted by Gasteiger charge is -2.34. The summed E-state index contributed by atoms with van der Waals surface area (Å²) in [5.74, 6) is 0. The van der Waals surface area contributed by atoms with Crippen LogP contribution in [-0.2, 0) is 6.54 Å². The monoisotopic (exact) mass is 282 g/mol. The zero-order valence-electron chi connectivity index (χ0n) is 12.3. The Balaban J connectivity index is 1.58. The first kappa shape index (κ1) is 14.0. The molecule has 110 valence electrons. The van der Waals surface area contributed by atoms with Crippen LogP contribution in [0.2, 0.25) is 0 Å². The van der Waals surface area contributed by atoms with Crippen molar-refractivity contribution in [2.45, 2.75) is 31.8 Å². The lowest BCUT2D eigenvalue weighted by molar-refractivity contribution is 0.145. The fourth-order valence-corrected chi connectivity index (χ4v) is 2.94. The molecule has 1 atom stereocenters. The number of nitrogens with zero attached hydrogens (tertiary/aromatic N) is 4. The van der Waals surface area contributed by atoms with Crippen LogP contribution in [0.15, 0.2) is 49.1 Å². The molecule has 0 amide bonds. The van der Waals surface area contributed by atoms with Gasteiger partial charge < -0.3 is 0 Å². The Hall–Kier alpha value is -1.94. The standard InChI is InChI=1S/C17H22N4/c1-2-7-16(8-3-1)9-6-12-20-11-5-4-10-17(20)13-21-15-18-14-19-21/h1-3,6-9,14-15,17H,4-5,10-13H2/b9-6+/t17-/m1/s1. The molecule has 1 saturated heterocycles. The van der Waals surface area contributed by atoms with Crippen LogP contribution >= 0.6 is 0 Å². The summed E-state index contributed by atoms with van der Waals surface area (Å²) in [7, 11) is 0. The summed E-state index contributed by atoms with van der Waals surface area (Å²) in [6, 6.07) is 11.1. The fraction of sp³-hybridized carbons (Fsp3) is 0.412. The highest BCUT2D eigenvalue weighted by atomic mass is 15.3. The summed E-state index contributed by atoms with van der Waals surface area (Å²) in [5.41, 5.74) is 1.27. The molecule has 1 aromatic carbocycles. The van der Waals surface area contributed by atoms with E-state index in [0.29, 0.717) is 6.04 Å². The van der Waals surface area contributed by atoms with E-state index in [2.05, 4.69) is 57.5 Å². The van der Waals surface area contributed by atoms with Gasteiger partial charge in [0, 0.05) is 12.6 Å². The molecule has 1 fully saturated rings. The third-order valence-electron chi connectivity index (χ3n) is 4.06. The zero-order valence-corrected chi connectivity index (χ0v) is 12.3. The smallest absolute Gasteiger partial charge is 0.137 e. The molecule has 4 heteroatoms. The molecule has 0 aliphatic carbocycles. The van der Waals surface area contributed by atoms with Crippen molar-refractivity contribution >= 4 is 6.08 Å². The quantitative estimate of drug-likeness (QED) is 0.845. The van der Waals surface area contributed by atoms with Crippen LogP contribution in [0.4, 0.5) is 0 Å². The number of hydrogen-bond donors (Lipinski definition) is 0. The van der Waals surface area contributed by atoms with Gasteiger partial charge in [-0.3, -0.25) is 9.58 Å². The molecule has 3 rings (SSSR count). The Bertz CT molecular complexity index is 547. The van der Waals surface area contributed by atoms with Crippen molar-refractivity contribution in [2.24, 2.45) is 0 Å². The molecule has 1 aromatic heterocycles. The van der Waals surface area contributed by atoms with Crippen molar-refractivity contribution in [3.05, 3.63) is 54.6 Å². The molecular weight excluding hydrogens is 260 g/mol. The van der Waals surface area contributed by atoms with Crippen molar-refractivity contribution in [3.63, 3.8) is 0 Å². The Morgan fingerprint density at radius 2 is 2.10 bits per heavy atom. The Morgan fingerprint density at radius 3 is 2.90 bits per heavy atom. The summed E-state index contributed by atoms with van der Waals surface area (Å²) in [6.07, 6.45) is 11.8. The number of likely N-dealkylation sites (tertiary alicyclic amines) is 1. The van der Waals surface area contributed by atoms with Crippen molar-refractivity contribution < 1.29 is 0 Å². The van der Waals surface area contributed by atoms with Gasteiger partial charge in [-0.1, -0.05) is 48.9 Å². The summed E-state index contributed by atoms with van der Waals surface area (Å²) in [6.45, 7) is 3.13. The maximum absolute atomic E-state index is 4.23. The molecule has 1 aliphatic rings. The van der Waals surface area contributed by atoms with Crippen molar-refractivity contribution in [3.8, 4) is 0 Å². The second-order valence-corrected chi connectivity index (χ2v) is 5.58. The first-order valence-corrected chi connectivity index (χ1v) is 7.70. The third-order valence-corrected chi connectivity index (χ3v) is 4.06. The average Bonchev–Trinajstić information content (AvgIpc) is 3.03. The second-order valence-electron chi connectivity index (χ2n) is 5.58. The largest absolute Gasteiger partial charge is 0.295 e. The van der Waals surface area contributed by atoms with Crippen LogP contribution in [0, 0.1) is 0 Å². The van der Waals surface area contributed by atoms with Gasteiger partial charge in [-0.15, -0.1) is 0 Å². The SMILES string of the molecule is C(=C\c1ccccc1)/CN1CCCC[C@@H]1Cn1cncn1. The molecule has 4 nitrogen and oxygen atoms in total. The molecular formula is C17H22N4. The van der Waals surface area contributed by atoms with E-state index >= 15 is 0 Å². The minimum atomic E-state index is 0.570. The van der Waals surface area contributed by atoms with Crippen LogP contribution in [0.1, 0.15) is 24.8 Å². The number of piperidine rings is 1. The first-order chi connectivity index (χ1) is 10.4. The molecule has 1 aliphatic heterocycles. The Morgan fingerprint density at radius 1 is 1.19 bits per heavy atom. The molecule has 0 radical (unpaired) electrons. The minimum absolute atomic E-state index is 0.570. The molecule has 0 spiro atoms. The van der Waals surface area contributed by atoms with E-state index in [4.69, 9.17) is 0 Å². The van der Waals surface area contributed by atoms with E-state index in [9.17, 15) is 0 Å².